The number of anilines is 3. The molecule has 0 unspecified atom stereocenters. The molecule has 7 heteroatoms. The molecule has 2 N–H and O–H groups in total. The zero-order chi connectivity index (χ0) is 22.5. The molecule has 162 valence electrons. The summed E-state index contributed by atoms with van der Waals surface area (Å²) in [4.78, 5) is 12.3. The molecule has 4 aromatic rings. The first-order chi connectivity index (χ1) is 15.5. The maximum absolute atomic E-state index is 12.3. The summed E-state index contributed by atoms with van der Waals surface area (Å²) in [5.41, 5.74) is 5.94. The lowest BCUT2D eigenvalue weighted by atomic mass is 10.1. The van der Waals surface area contributed by atoms with Gasteiger partial charge in [0.1, 0.15) is 0 Å². The number of hydrogen-bond acceptors (Lipinski definition) is 5. The van der Waals surface area contributed by atoms with Crippen molar-refractivity contribution in [3.8, 4) is 5.82 Å². The summed E-state index contributed by atoms with van der Waals surface area (Å²) >= 11 is 0. The fraction of sp³-hybridized carbons (Fsp3) is 0.200. The van der Waals surface area contributed by atoms with E-state index in [4.69, 9.17) is 0 Å². The van der Waals surface area contributed by atoms with Crippen LogP contribution in [0.4, 0.5) is 17.2 Å². The lowest BCUT2D eigenvalue weighted by molar-refractivity contribution is -0.116. The number of nitrogens with one attached hydrogen (secondary N) is 2. The highest BCUT2D eigenvalue weighted by molar-refractivity contribution is 5.91. The van der Waals surface area contributed by atoms with E-state index in [-0.39, 0.29) is 5.91 Å². The van der Waals surface area contributed by atoms with Gasteiger partial charge in [-0.25, -0.2) is 4.68 Å². The van der Waals surface area contributed by atoms with Crippen molar-refractivity contribution in [1.82, 2.24) is 20.0 Å². The second-order valence-electron chi connectivity index (χ2n) is 7.86. The quantitative estimate of drug-likeness (QED) is 0.439. The maximum atomic E-state index is 12.3. The SMILES string of the molecule is Cc1cccc(CCC(=O)Nc2ccc(Nc3ccc(-n4nc(C)cc4C)nn3)cc2)c1. The van der Waals surface area contributed by atoms with Crippen molar-refractivity contribution in [1.29, 1.82) is 0 Å². The van der Waals surface area contributed by atoms with Crippen LogP contribution in [0, 0.1) is 20.8 Å². The molecule has 2 heterocycles. The number of carbonyl (C=O) groups excluding carboxylic acids is 1. The van der Waals surface area contributed by atoms with Gasteiger partial charge < -0.3 is 10.6 Å². The molecular weight excluding hydrogens is 400 g/mol. The third-order valence-electron chi connectivity index (χ3n) is 5.04. The number of aryl methyl sites for hydroxylation is 4. The van der Waals surface area contributed by atoms with E-state index in [2.05, 4.69) is 45.0 Å². The summed E-state index contributed by atoms with van der Waals surface area (Å²) in [6.45, 7) is 5.99. The second-order valence-corrected chi connectivity index (χ2v) is 7.86. The molecule has 4 rings (SSSR count). The van der Waals surface area contributed by atoms with Crippen molar-refractivity contribution in [3.05, 3.63) is 89.2 Å². The second kappa shape index (κ2) is 9.43. The molecular formula is C25H26N6O. The van der Waals surface area contributed by atoms with Crippen LogP contribution in [-0.2, 0) is 11.2 Å². The van der Waals surface area contributed by atoms with Crippen LogP contribution in [0.15, 0.2) is 66.7 Å². The summed E-state index contributed by atoms with van der Waals surface area (Å²) < 4.78 is 1.77. The van der Waals surface area contributed by atoms with Gasteiger partial charge in [0.15, 0.2) is 11.6 Å². The lowest BCUT2D eigenvalue weighted by Gasteiger charge is -2.09. The largest absolute Gasteiger partial charge is 0.339 e. The zero-order valence-electron chi connectivity index (χ0n) is 18.5. The molecule has 0 saturated heterocycles. The highest BCUT2D eigenvalue weighted by Crippen LogP contribution is 2.18. The van der Waals surface area contributed by atoms with Gasteiger partial charge in [-0.05, 0) is 75.2 Å². The Bertz CT molecular complexity index is 1210. The number of rotatable bonds is 7. The van der Waals surface area contributed by atoms with Crippen LogP contribution in [0.1, 0.15) is 28.9 Å². The average molecular weight is 427 g/mol. The predicted octanol–water partition coefficient (Wildman–Crippen LogP) is 4.90. The standard InChI is InChI=1S/C25H26N6O/c1-17-5-4-6-20(15-17)7-14-25(32)27-22-10-8-21(9-11-22)26-23-12-13-24(29-28-23)31-19(3)16-18(2)30-31/h4-6,8-13,15-16H,7,14H2,1-3H3,(H,26,28)(H,27,32). The molecule has 0 saturated carbocycles. The van der Waals surface area contributed by atoms with Gasteiger partial charge in [-0.1, -0.05) is 29.8 Å². The van der Waals surface area contributed by atoms with Crippen molar-refractivity contribution in [3.63, 3.8) is 0 Å². The van der Waals surface area contributed by atoms with Crippen LogP contribution >= 0.6 is 0 Å². The Morgan fingerprint density at radius 3 is 2.34 bits per heavy atom. The Labute approximate surface area is 187 Å². The van der Waals surface area contributed by atoms with E-state index in [0.717, 1.165) is 29.2 Å². The van der Waals surface area contributed by atoms with Crippen molar-refractivity contribution < 1.29 is 4.79 Å². The fourth-order valence-electron chi connectivity index (χ4n) is 3.50. The van der Waals surface area contributed by atoms with Gasteiger partial charge in [0.2, 0.25) is 5.91 Å². The van der Waals surface area contributed by atoms with Crippen molar-refractivity contribution in [2.45, 2.75) is 33.6 Å². The average Bonchev–Trinajstić information content (AvgIpc) is 3.12. The first-order valence-corrected chi connectivity index (χ1v) is 10.6. The van der Waals surface area contributed by atoms with E-state index >= 15 is 0 Å². The van der Waals surface area contributed by atoms with E-state index in [0.29, 0.717) is 18.1 Å². The Morgan fingerprint density at radius 2 is 1.69 bits per heavy atom. The van der Waals surface area contributed by atoms with Crippen LogP contribution in [0.2, 0.25) is 0 Å². The minimum atomic E-state index is -0.00202. The van der Waals surface area contributed by atoms with Gasteiger partial charge in [0, 0.05) is 23.5 Å². The molecule has 0 radical (unpaired) electrons. The molecule has 0 spiro atoms. The van der Waals surface area contributed by atoms with Gasteiger partial charge in [0.25, 0.3) is 0 Å². The summed E-state index contributed by atoms with van der Waals surface area (Å²) in [6, 6.07) is 21.5. The molecule has 32 heavy (non-hydrogen) atoms. The summed E-state index contributed by atoms with van der Waals surface area (Å²) in [7, 11) is 0. The smallest absolute Gasteiger partial charge is 0.224 e. The summed E-state index contributed by atoms with van der Waals surface area (Å²) in [5.74, 6) is 1.30. The predicted molar refractivity (Wildman–Crippen MR) is 126 cm³/mol. The summed E-state index contributed by atoms with van der Waals surface area (Å²) in [5, 5.41) is 19.1. The Balaban J connectivity index is 1.31. The topological polar surface area (TPSA) is 84.7 Å². The summed E-state index contributed by atoms with van der Waals surface area (Å²) in [6.07, 6.45) is 1.17. The molecule has 1 amide bonds. The van der Waals surface area contributed by atoms with E-state index in [1.807, 2.05) is 68.4 Å². The van der Waals surface area contributed by atoms with E-state index in [1.165, 1.54) is 11.1 Å². The van der Waals surface area contributed by atoms with Crippen LogP contribution in [0.25, 0.3) is 5.82 Å². The van der Waals surface area contributed by atoms with Crippen LogP contribution in [0.3, 0.4) is 0 Å². The van der Waals surface area contributed by atoms with Gasteiger partial charge in [-0.2, -0.15) is 5.10 Å². The Morgan fingerprint density at radius 1 is 0.906 bits per heavy atom. The fourth-order valence-corrected chi connectivity index (χ4v) is 3.50. The van der Waals surface area contributed by atoms with Crippen LogP contribution < -0.4 is 10.6 Å². The normalized spacial score (nSPS) is 10.7. The van der Waals surface area contributed by atoms with Gasteiger partial charge >= 0.3 is 0 Å². The first kappa shape index (κ1) is 21.2. The maximum Gasteiger partial charge on any atom is 0.224 e. The van der Waals surface area contributed by atoms with Gasteiger partial charge in [-0.3, -0.25) is 4.79 Å². The molecule has 0 atom stereocenters. The molecule has 7 nitrogen and oxygen atoms in total. The number of aromatic nitrogens is 4. The van der Waals surface area contributed by atoms with Crippen molar-refractivity contribution in [2.24, 2.45) is 0 Å². The highest BCUT2D eigenvalue weighted by Gasteiger charge is 2.07. The number of carbonyl (C=O) groups is 1. The Kier molecular flexibility index (Phi) is 6.26. The third kappa shape index (κ3) is 5.37. The van der Waals surface area contributed by atoms with Crippen LogP contribution in [-0.4, -0.2) is 25.9 Å². The van der Waals surface area contributed by atoms with E-state index in [1.54, 1.807) is 4.68 Å². The minimum Gasteiger partial charge on any atom is -0.339 e. The highest BCUT2D eigenvalue weighted by atomic mass is 16.1. The molecule has 0 aliphatic carbocycles. The molecule has 0 fully saturated rings. The van der Waals surface area contributed by atoms with Crippen molar-refractivity contribution >= 4 is 23.1 Å². The minimum absolute atomic E-state index is 0.00202. The molecule has 2 aromatic heterocycles. The monoisotopic (exact) mass is 426 g/mol. The molecule has 0 bridgehead atoms. The lowest BCUT2D eigenvalue weighted by Crippen LogP contribution is -2.12. The zero-order valence-corrected chi connectivity index (χ0v) is 18.5. The Hall–Kier alpha value is -4.00. The number of nitrogens with zero attached hydrogens (tertiary/aromatic N) is 4. The number of amides is 1. The number of benzene rings is 2. The van der Waals surface area contributed by atoms with Crippen molar-refractivity contribution in [2.75, 3.05) is 10.6 Å². The molecule has 2 aromatic carbocycles. The molecule has 0 aliphatic rings. The van der Waals surface area contributed by atoms with E-state index in [9.17, 15) is 4.79 Å². The van der Waals surface area contributed by atoms with E-state index < -0.39 is 0 Å². The van der Waals surface area contributed by atoms with Gasteiger partial charge in [0.05, 0.1) is 5.69 Å². The van der Waals surface area contributed by atoms with Gasteiger partial charge in [-0.15, -0.1) is 10.2 Å². The first-order valence-electron chi connectivity index (χ1n) is 10.6. The number of hydrogen-bond donors (Lipinski definition) is 2. The molecule has 0 aliphatic heterocycles. The van der Waals surface area contributed by atoms with Crippen LogP contribution in [0.5, 0.6) is 0 Å². The third-order valence-corrected chi connectivity index (χ3v) is 5.04.